The standard InChI is InChI=1S/C12H24N4/c1-3-6-13-7-4-8-14-11-12(2)16-10-5-9-15-16/h5,9-10,12-14H,3-4,6-8,11H2,1-2H3. The van der Waals surface area contributed by atoms with Crippen LogP contribution < -0.4 is 10.6 Å². The van der Waals surface area contributed by atoms with Crippen LogP contribution in [-0.2, 0) is 0 Å². The zero-order valence-corrected chi connectivity index (χ0v) is 10.4. The molecule has 16 heavy (non-hydrogen) atoms. The second-order valence-corrected chi connectivity index (χ2v) is 4.14. The Hall–Kier alpha value is -0.870. The summed E-state index contributed by atoms with van der Waals surface area (Å²) in [5.74, 6) is 0. The van der Waals surface area contributed by atoms with E-state index >= 15 is 0 Å². The van der Waals surface area contributed by atoms with Gasteiger partial charge in [-0.05, 0) is 45.5 Å². The number of rotatable bonds is 9. The van der Waals surface area contributed by atoms with Gasteiger partial charge in [0.25, 0.3) is 0 Å². The largest absolute Gasteiger partial charge is 0.317 e. The molecule has 2 N–H and O–H groups in total. The summed E-state index contributed by atoms with van der Waals surface area (Å²) < 4.78 is 1.99. The van der Waals surface area contributed by atoms with Gasteiger partial charge in [-0.1, -0.05) is 6.92 Å². The molecule has 1 aromatic heterocycles. The number of aromatic nitrogens is 2. The van der Waals surface area contributed by atoms with Crippen LogP contribution in [0.15, 0.2) is 18.5 Å². The molecule has 0 aliphatic rings. The van der Waals surface area contributed by atoms with Gasteiger partial charge in [-0.2, -0.15) is 5.10 Å². The molecule has 0 fully saturated rings. The Bertz CT molecular complexity index is 246. The molecule has 0 aliphatic heterocycles. The lowest BCUT2D eigenvalue weighted by Crippen LogP contribution is -2.27. The molecule has 0 saturated carbocycles. The summed E-state index contributed by atoms with van der Waals surface area (Å²) in [6.45, 7) is 8.66. The number of nitrogens with zero attached hydrogens (tertiary/aromatic N) is 2. The van der Waals surface area contributed by atoms with Gasteiger partial charge in [-0.3, -0.25) is 4.68 Å². The van der Waals surface area contributed by atoms with Crippen LogP contribution in [0, 0.1) is 0 Å². The molecule has 0 saturated heterocycles. The third-order valence-electron chi connectivity index (χ3n) is 2.55. The van der Waals surface area contributed by atoms with Crippen molar-refractivity contribution in [3.63, 3.8) is 0 Å². The van der Waals surface area contributed by atoms with Crippen molar-refractivity contribution in [1.82, 2.24) is 20.4 Å². The summed E-state index contributed by atoms with van der Waals surface area (Å²) in [5, 5.41) is 11.1. The van der Waals surface area contributed by atoms with Crippen molar-refractivity contribution in [3.8, 4) is 0 Å². The molecule has 4 heteroatoms. The first kappa shape index (κ1) is 13.2. The van der Waals surface area contributed by atoms with Gasteiger partial charge < -0.3 is 10.6 Å². The molecule has 0 aromatic carbocycles. The zero-order chi connectivity index (χ0) is 11.6. The highest BCUT2D eigenvalue weighted by Gasteiger charge is 2.02. The smallest absolute Gasteiger partial charge is 0.0615 e. The summed E-state index contributed by atoms with van der Waals surface area (Å²) in [4.78, 5) is 0. The van der Waals surface area contributed by atoms with Crippen LogP contribution in [0.1, 0.15) is 32.7 Å². The van der Waals surface area contributed by atoms with Crippen molar-refractivity contribution in [1.29, 1.82) is 0 Å². The summed E-state index contributed by atoms with van der Waals surface area (Å²) in [6.07, 6.45) is 6.23. The lowest BCUT2D eigenvalue weighted by Gasteiger charge is -2.13. The van der Waals surface area contributed by atoms with Crippen molar-refractivity contribution in [2.45, 2.75) is 32.7 Å². The van der Waals surface area contributed by atoms with Gasteiger partial charge in [0, 0.05) is 18.9 Å². The van der Waals surface area contributed by atoms with Gasteiger partial charge in [-0.15, -0.1) is 0 Å². The average Bonchev–Trinajstić information content (AvgIpc) is 2.81. The van der Waals surface area contributed by atoms with E-state index in [0.717, 1.165) is 26.2 Å². The highest BCUT2D eigenvalue weighted by molar-refractivity contribution is 4.80. The molecule has 92 valence electrons. The molecule has 0 radical (unpaired) electrons. The van der Waals surface area contributed by atoms with E-state index in [4.69, 9.17) is 0 Å². The van der Waals surface area contributed by atoms with Gasteiger partial charge >= 0.3 is 0 Å². The van der Waals surface area contributed by atoms with Crippen LogP contribution >= 0.6 is 0 Å². The number of hydrogen-bond acceptors (Lipinski definition) is 3. The number of nitrogens with one attached hydrogen (secondary N) is 2. The van der Waals surface area contributed by atoms with E-state index < -0.39 is 0 Å². The van der Waals surface area contributed by atoms with E-state index in [0.29, 0.717) is 6.04 Å². The second kappa shape index (κ2) is 8.30. The average molecular weight is 224 g/mol. The van der Waals surface area contributed by atoms with Gasteiger partial charge in [-0.25, -0.2) is 0 Å². The van der Waals surface area contributed by atoms with Gasteiger partial charge in [0.15, 0.2) is 0 Å². The summed E-state index contributed by atoms with van der Waals surface area (Å²) >= 11 is 0. The van der Waals surface area contributed by atoms with Crippen LogP contribution in [0.3, 0.4) is 0 Å². The Kier molecular flexibility index (Phi) is 6.85. The summed E-state index contributed by atoms with van der Waals surface area (Å²) in [6, 6.07) is 2.39. The molecular weight excluding hydrogens is 200 g/mol. The van der Waals surface area contributed by atoms with Crippen LogP contribution in [0.4, 0.5) is 0 Å². The van der Waals surface area contributed by atoms with Gasteiger partial charge in [0.05, 0.1) is 6.04 Å². The molecule has 0 bridgehead atoms. The predicted octanol–water partition coefficient (Wildman–Crippen LogP) is 1.42. The summed E-state index contributed by atoms with van der Waals surface area (Å²) in [5.41, 5.74) is 0. The fraction of sp³-hybridized carbons (Fsp3) is 0.750. The SMILES string of the molecule is CCCNCCCNCC(C)n1cccn1. The Morgan fingerprint density at radius 1 is 1.25 bits per heavy atom. The zero-order valence-electron chi connectivity index (χ0n) is 10.4. The van der Waals surface area contributed by atoms with Crippen LogP contribution in [0.5, 0.6) is 0 Å². The number of hydrogen-bond donors (Lipinski definition) is 2. The molecule has 1 atom stereocenters. The lowest BCUT2D eigenvalue weighted by atomic mass is 10.3. The molecular formula is C12H24N4. The van der Waals surface area contributed by atoms with E-state index in [2.05, 4.69) is 29.6 Å². The van der Waals surface area contributed by atoms with Crippen LogP contribution in [0.2, 0.25) is 0 Å². The normalized spacial score (nSPS) is 12.9. The Morgan fingerprint density at radius 3 is 2.75 bits per heavy atom. The molecule has 0 amide bonds. The minimum absolute atomic E-state index is 0.429. The second-order valence-electron chi connectivity index (χ2n) is 4.14. The summed E-state index contributed by atoms with van der Waals surface area (Å²) in [7, 11) is 0. The molecule has 0 spiro atoms. The minimum atomic E-state index is 0.429. The fourth-order valence-electron chi connectivity index (χ4n) is 1.59. The van der Waals surface area contributed by atoms with Crippen LogP contribution in [-0.4, -0.2) is 36.0 Å². The van der Waals surface area contributed by atoms with Crippen LogP contribution in [0.25, 0.3) is 0 Å². The Morgan fingerprint density at radius 2 is 2.06 bits per heavy atom. The molecule has 1 aromatic rings. The maximum atomic E-state index is 4.22. The monoisotopic (exact) mass is 224 g/mol. The minimum Gasteiger partial charge on any atom is -0.317 e. The van der Waals surface area contributed by atoms with Gasteiger partial charge in [0.1, 0.15) is 0 Å². The third kappa shape index (κ3) is 5.28. The first-order chi connectivity index (χ1) is 7.84. The van der Waals surface area contributed by atoms with Crippen molar-refractivity contribution in [2.75, 3.05) is 26.2 Å². The van der Waals surface area contributed by atoms with E-state index in [-0.39, 0.29) is 0 Å². The maximum Gasteiger partial charge on any atom is 0.0615 e. The first-order valence-electron chi connectivity index (χ1n) is 6.25. The van der Waals surface area contributed by atoms with Crippen molar-refractivity contribution < 1.29 is 0 Å². The molecule has 0 aliphatic carbocycles. The molecule has 1 heterocycles. The Labute approximate surface area is 98.4 Å². The highest BCUT2D eigenvalue weighted by Crippen LogP contribution is 2.00. The van der Waals surface area contributed by atoms with Crippen molar-refractivity contribution in [2.24, 2.45) is 0 Å². The highest BCUT2D eigenvalue weighted by atomic mass is 15.3. The van der Waals surface area contributed by atoms with Crippen molar-refractivity contribution in [3.05, 3.63) is 18.5 Å². The fourth-order valence-corrected chi connectivity index (χ4v) is 1.59. The van der Waals surface area contributed by atoms with Crippen molar-refractivity contribution >= 4 is 0 Å². The molecule has 4 nitrogen and oxygen atoms in total. The van der Waals surface area contributed by atoms with E-state index in [1.54, 1.807) is 0 Å². The lowest BCUT2D eigenvalue weighted by molar-refractivity contribution is 0.449. The molecule has 1 unspecified atom stereocenters. The quantitative estimate of drug-likeness (QED) is 0.623. The third-order valence-corrected chi connectivity index (χ3v) is 2.55. The predicted molar refractivity (Wildman–Crippen MR) is 67.6 cm³/mol. The van der Waals surface area contributed by atoms with E-state index in [1.807, 2.05) is 23.1 Å². The van der Waals surface area contributed by atoms with E-state index in [1.165, 1.54) is 12.8 Å². The maximum absolute atomic E-state index is 4.22. The Balaban J connectivity index is 1.95. The topological polar surface area (TPSA) is 41.9 Å². The van der Waals surface area contributed by atoms with Gasteiger partial charge in [0.2, 0.25) is 0 Å². The van der Waals surface area contributed by atoms with E-state index in [9.17, 15) is 0 Å². The molecule has 1 rings (SSSR count). The first-order valence-corrected chi connectivity index (χ1v) is 6.25.